The number of nitrogens with two attached hydrogens (primary N) is 1. The molecule has 1 aromatic carbocycles. The van der Waals surface area contributed by atoms with Crippen LogP contribution in [0.4, 0.5) is 24.0 Å². The fourth-order valence-corrected chi connectivity index (χ4v) is 4.03. The van der Waals surface area contributed by atoms with Crippen molar-refractivity contribution in [2.75, 3.05) is 24.3 Å². The van der Waals surface area contributed by atoms with Gasteiger partial charge in [-0.05, 0) is 41.0 Å². The molecule has 0 aliphatic carbocycles. The number of hydrogen-bond acceptors (Lipinski definition) is 7. The number of halogens is 3. The van der Waals surface area contributed by atoms with Gasteiger partial charge >= 0.3 is 6.18 Å². The highest BCUT2D eigenvalue weighted by atomic mass is 32.1. The van der Waals surface area contributed by atoms with Gasteiger partial charge in [0.1, 0.15) is 5.75 Å². The number of nitrogens with one attached hydrogen (secondary N) is 2. The van der Waals surface area contributed by atoms with Crippen molar-refractivity contribution in [1.29, 1.82) is 0 Å². The SMILES string of the molecule is COc1cc(/C=C(\N)CNc2ncc(-c3ccc4c(c3)CC(=O)N4)s2)cnc1C(F)(F)F. The van der Waals surface area contributed by atoms with Crippen molar-refractivity contribution in [2.45, 2.75) is 12.6 Å². The second kappa shape index (κ2) is 8.50. The van der Waals surface area contributed by atoms with Gasteiger partial charge in [0.25, 0.3) is 0 Å². The molecule has 3 aromatic rings. The Hall–Kier alpha value is -3.60. The predicted molar refractivity (Wildman–Crippen MR) is 116 cm³/mol. The van der Waals surface area contributed by atoms with Crippen LogP contribution in [0.2, 0.25) is 0 Å². The van der Waals surface area contributed by atoms with E-state index >= 15 is 0 Å². The minimum absolute atomic E-state index is 0.0214. The number of nitrogens with zero attached hydrogens (tertiary/aromatic N) is 2. The summed E-state index contributed by atoms with van der Waals surface area (Å²) in [4.78, 5) is 20.2. The van der Waals surface area contributed by atoms with Crippen molar-refractivity contribution in [1.82, 2.24) is 9.97 Å². The molecule has 3 heterocycles. The lowest BCUT2D eigenvalue weighted by Crippen LogP contribution is -2.12. The Morgan fingerprint density at radius 1 is 1.31 bits per heavy atom. The molecule has 7 nitrogen and oxygen atoms in total. The van der Waals surface area contributed by atoms with Crippen molar-refractivity contribution in [3.05, 3.63) is 59.2 Å². The Morgan fingerprint density at radius 2 is 2.12 bits per heavy atom. The maximum Gasteiger partial charge on any atom is 0.437 e. The first kappa shape index (κ1) is 21.6. The number of anilines is 2. The van der Waals surface area contributed by atoms with Crippen molar-refractivity contribution >= 4 is 34.1 Å². The zero-order chi connectivity index (χ0) is 22.9. The number of aromatic nitrogens is 2. The Bertz CT molecular complexity index is 1210. The van der Waals surface area contributed by atoms with E-state index in [9.17, 15) is 18.0 Å². The van der Waals surface area contributed by atoms with Crippen LogP contribution < -0.4 is 21.1 Å². The van der Waals surface area contributed by atoms with Gasteiger partial charge in [-0.2, -0.15) is 13.2 Å². The number of carbonyl (C=O) groups excluding carboxylic acids is 1. The van der Waals surface area contributed by atoms with E-state index in [-0.39, 0.29) is 18.2 Å². The molecular weight excluding hydrogens is 443 g/mol. The third kappa shape index (κ3) is 4.67. The monoisotopic (exact) mass is 461 g/mol. The zero-order valence-corrected chi connectivity index (χ0v) is 17.6. The molecule has 0 unspecified atom stereocenters. The quantitative estimate of drug-likeness (QED) is 0.510. The van der Waals surface area contributed by atoms with E-state index in [4.69, 9.17) is 10.5 Å². The van der Waals surface area contributed by atoms with Gasteiger partial charge < -0.3 is 21.1 Å². The van der Waals surface area contributed by atoms with Gasteiger partial charge in [-0.3, -0.25) is 4.79 Å². The normalized spacial score (nSPS) is 13.6. The Morgan fingerprint density at radius 3 is 2.88 bits per heavy atom. The van der Waals surface area contributed by atoms with Crippen molar-refractivity contribution in [3.63, 3.8) is 0 Å². The number of methoxy groups -OCH3 is 1. The van der Waals surface area contributed by atoms with Crippen LogP contribution >= 0.6 is 11.3 Å². The van der Waals surface area contributed by atoms with Crippen LogP contribution in [0.1, 0.15) is 16.8 Å². The Kier molecular flexibility index (Phi) is 5.74. The summed E-state index contributed by atoms with van der Waals surface area (Å²) in [6, 6.07) is 6.98. The number of ether oxygens (including phenoxy) is 1. The summed E-state index contributed by atoms with van der Waals surface area (Å²) in [5, 5.41) is 6.53. The molecular formula is C21H18F3N5O2S. The van der Waals surface area contributed by atoms with E-state index in [1.807, 2.05) is 18.2 Å². The maximum absolute atomic E-state index is 12.9. The highest BCUT2D eigenvalue weighted by Crippen LogP contribution is 2.35. The summed E-state index contributed by atoms with van der Waals surface area (Å²) >= 11 is 1.42. The van der Waals surface area contributed by atoms with Crippen LogP contribution in [0.5, 0.6) is 5.75 Å². The van der Waals surface area contributed by atoms with Gasteiger partial charge in [0.05, 0.1) is 25.0 Å². The van der Waals surface area contributed by atoms with Crippen LogP contribution in [-0.2, 0) is 17.4 Å². The van der Waals surface area contributed by atoms with Gasteiger partial charge in [-0.15, -0.1) is 0 Å². The van der Waals surface area contributed by atoms with Gasteiger partial charge in [0.15, 0.2) is 10.8 Å². The summed E-state index contributed by atoms with van der Waals surface area (Å²) in [5.41, 5.74) is 8.42. The molecule has 4 rings (SSSR count). The Balaban J connectivity index is 1.42. The summed E-state index contributed by atoms with van der Waals surface area (Å²) < 4.78 is 43.6. The second-order valence-electron chi connectivity index (χ2n) is 7.02. The van der Waals surface area contributed by atoms with E-state index in [2.05, 4.69) is 20.6 Å². The van der Waals surface area contributed by atoms with E-state index in [1.165, 1.54) is 23.5 Å². The molecule has 32 heavy (non-hydrogen) atoms. The van der Waals surface area contributed by atoms with Crippen molar-refractivity contribution < 1.29 is 22.7 Å². The number of rotatable bonds is 6. The summed E-state index contributed by atoms with van der Waals surface area (Å²) in [5.74, 6) is -0.394. The van der Waals surface area contributed by atoms with Crippen LogP contribution in [0.3, 0.4) is 0 Å². The first-order valence-electron chi connectivity index (χ1n) is 9.43. The molecule has 4 N–H and O–H groups in total. The minimum atomic E-state index is -4.60. The molecule has 166 valence electrons. The minimum Gasteiger partial charge on any atom is -0.494 e. The largest absolute Gasteiger partial charge is 0.494 e. The number of alkyl halides is 3. The fraction of sp³-hybridized carbons (Fsp3) is 0.190. The summed E-state index contributed by atoms with van der Waals surface area (Å²) in [6.45, 7) is 0.235. The molecule has 2 aromatic heterocycles. The highest BCUT2D eigenvalue weighted by Gasteiger charge is 2.36. The number of thiazole rings is 1. The second-order valence-corrected chi connectivity index (χ2v) is 8.05. The van der Waals surface area contributed by atoms with Gasteiger partial charge in [-0.1, -0.05) is 17.4 Å². The average Bonchev–Trinajstić information content (AvgIpc) is 3.36. The highest BCUT2D eigenvalue weighted by molar-refractivity contribution is 7.18. The molecule has 0 saturated carbocycles. The smallest absolute Gasteiger partial charge is 0.437 e. The number of pyridine rings is 1. The first-order chi connectivity index (χ1) is 15.2. The summed E-state index contributed by atoms with van der Waals surface area (Å²) in [7, 11) is 1.15. The first-order valence-corrected chi connectivity index (χ1v) is 10.2. The Labute approximate surface area is 185 Å². The zero-order valence-electron chi connectivity index (χ0n) is 16.8. The predicted octanol–water partition coefficient (Wildman–Crippen LogP) is 4.14. The molecule has 0 bridgehead atoms. The molecule has 0 radical (unpaired) electrons. The molecule has 1 amide bonds. The number of hydrogen-bond donors (Lipinski definition) is 3. The average molecular weight is 461 g/mol. The molecule has 0 fully saturated rings. The molecule has 11 heteroatoms. The lowest BCUT2D eigenvalue weighted by molar-refractivity contribution is -0.142. The van der Waals surface area contributed by atoms with E-state index < -0.39 is 11.9 Å². The summed E-state index contributed by atoms with van der Waals surface area (Å²) in [6.07, 6.45) is 0.0877. The molecule has 1 aliphatic heterocycles. The van der Waals surface area contributed by atoms with Crippen molar-refractivity contribution in [3.8, 4) is 16.2 Å². The van der Waals surface area contributed by atoms with Crippen LogP contribution in [0, 0.1) is 0 Å². The van der Waals surface area contributed by atoms with E-state index in [0.29, 0.717) is 22.8 Å². The molecule has 1 aliphatic rings. The van der Waals surface area contributed by atoms with E-state index in [0.717, 1.165) is 35.0 Å². The van der Waals surface area contributed by atoms with Gasteiger partial charge in [0.2, 0.25) is 5.91 Å². The fourth-order valence-electron chi connectivity index (χ4n) is 3.22. The topological polar surface area (TPSA) is 102 Å². The lowest BCUT2D eigenvalue weighted by atomic mass is 10.1. The molecule has 0 spiro atoms. The third-order valence-electron chi connectivity index (χ3n) is 4.68. The number of carbonyl (C=O) groups is 1. The van der Waals surface area contributed by atoms with Crippen LogP contribution in [-0.4, -0.2) is 29.5 Å². The lowest BCUT2D eigenvalue weighted by Gasteiger charge is -2.11. The van der Waals surface area contributed by atoms with E-state index in [1.54, 1.807) is 6.20 Å². The molecule has 0 atom stereocenters. The number of benzene rings is 1. The van der Waals surface area contributed by atoms with Gasteiger partial charge in [0, 0.05) is 23.8 Å². The number of fused-ring (bicyclic) bond motifs is 1. The third-order valence-corrected chi connectivity index (χ3v) is 5.68. The maximum atomic E-state index is 12.9. The van der Waals surface area contributed by atoms with Gasteiger partial charge in [-0.25, -0.2) is 9.97 Å². The van der Waals surface area contributed by atoms with Crippen LogP contribution in [0.15, 0.2) is 42.4 Å². The van der Waals surface area contributed by atoms with Crippen LogP contribution in [0.25, 0.3) is 16.5 Å². The number of amides is 1. The standard InChI is InChI=1S/C21H18F3N5O2S/c1-31-16-5-11(8-26-19(16)21(22,23)24)4-14(25)9-27-20-28-10-17(32-20)12-2-3-15-13(6-12)7-18(30)29-15/h2-6,8,10H,7,9,25H2,1H3,(H,27,28)(H,29,30)/b14-4-. The molecule has 0 saturated heterocycles. The van der Waals surface area contributed by atoms with Crippen molar-refractivity contribution in [2.24, 2.45) is 5.73 Å².